The topological polar surface area (TPSA) is 84.9 Å². The number of halogens is 1. The van der Waals surface area contributed by atoms with Crippen molar-refractivity contribution in [2.75, 3.05) is 26.3 Å². The second-order valence-electron chi connectivity index (χ2n) is 7.93. The summed E-state index contributed by atoms with van der Waals surface area (Å²) < 4.78 is 51.3. The van der Waals surface area contributed by atoms with Gasteiger partial charge in [0.2, 0.25) is 15.9 Å². The van der Waals surface area contributed by atoms with Crippen LogP contribution in [0.1, 0.15) is 45.2 Å². The van der Waals surface area contributed by atoms with Crippen LogP contribution in [0.15, 0.2) is 47.4 Å². The molecule has 0 saturated carbocycles. The van der Waals surface area contributed by atoms with Gasteiger partial charge in [0.1, 0.15) is 5.82 Å². The summed E-state index contributed by atoms with van der Waals surface area (Å²) in [6, 6.07) is 10.2. The van der Waals surface area contributed by atoms with Crippen LogP contribution >= 0.6 is 0 Å². The van der Waals surface area contributed by atoms with Gasteiger partial charge in [0.25, 0.3) is 0 Å². The van der Waals surface area contributed by atoms with Gasteiger partial charge in [-0.15, -0.1) is 0 Å². The SMILES string of the molecule is CCOc1ccc([C@@H](C)NC(=O)C2CCN(S(=O)(=O)c3ccc(F)cc3)CC2)cc1OCC. The van der Waals surface area contributed by atoms with Gasteiger partial charge in [-0.3, -0.25) is 4.79 Å². The van der Waals surface area contributed by atoms with Crippen molar-refractivity contribution in [2.24, 2.45) is 5.92 Å². The fraction of sp³-hybridized carbons (Fsp3) is 0.458. The first-order valence-corrected chi connectivity index (χ1v) is 12.7. The van der Waals surface area contributed by atoms with E-state index in [1.807, 2.05) is 39.0 Å². The van der Waals surface area contributed by atoms with Crippen molar-refractivity contribution < 1.29 is 27.1 Å². The van der Waals surface area contributed by atoms with Gasteiger partial charge in [-0.1, -0.05) is 6.07 Å². The molecule has 1 heterocycles. The summed E-state index contributed by atoms with van der Waals surface area (Å²) in [4.78, 5) is 12.9. The number of hydrogen-bond acceptors (Lipinski definition) is 5. The molecule has 0 bridgehead atoms. The highest BCUT2D eigenvalue weighted by atomic mass is 32.2. The van der Waals surface area contributed by atoms with Gasteiger partial charge in [-0.05, 0) is 75.6 Å². The van der Waals surface area contributed by atoms with Crippen molar-refractivity contribution >= 4 is 15.9 Å². The summed E-state index contributed by atoms with van der Waals surface area (Å²) in [5.41, 5.74) is 0.895. The molecule has 2 aromatic rings. The van der Waals surface area contributed by atoms with Crippen LogP contribution in [0.2, 0.25) is 0 Å². The van der Waals surface area contributed by atoms with Gasteiger partial charge in [0.15, 0.2) is 11.5 Å². The molecule has 9 heteroatoms. The molecule has 1 aliphatic rings. The summed E-state index contributed by atoms with van der Waals surface area (Å²) in [7, 11) is -3.70. The molecule has 7 nitrogen and oxygen atoms in total. The van der Waals surface area contributed by atoms with Crippen LogP contribution < -0.4 is 14.8 Å². The summed E-state index contributed by atoms with van der Waals surface area (Å²) in [5, 5.41) is 3.03. The highest BCUT2D eigenvalue weighted by Gasteiger charge is 2.32. The zero-order valence-corrected chi connectivity index (χ0v) is 20.0. The third-order valence-corrected chi connectivity index (χ3v) is 7.62. The van der Waals surface area contributed by atoms with E-state index in [9.17, 15) is 17.6 Å². The lowest BCUT2D eigenvalue weighted by molar-refractivity contribution is -0.126. The standard InChI is InChI=1S/C24H31FN2O5S/c1-4-31-22-11-6-19(16-23(22)32-5-2)17(3)26-24(28)18-12-14-27(15-13-18)33(29,30)21-9-7-20(25)8-10-21/h6-11,16-18H,4-5,12-15H2,1-3H3,(H,26,28)/t17-/m1/s1. The predicted octanol–water partition coefficient (Wildman–Crippen LogP) is 3.90. The Kier molecular flexibility index (Phi) is 8.31. The fourth-order valence-electron chi connectivity index (χ4n) is 3.87. The van der Waals surface area contributed by atoms with Crippen LogP contribution in [0.3, 0.4) is 0 Å². The Labute approximate surface area is 194 Å². The Morgan fingerprint density at radius 1 is 1.06 bits per heavy atom. The largest absolute Gasteiger partial charge is 0.490 e. The molecule has 0 aromatic heterocycles. The van der Waals surface area contributed by atoms with Crippen LogP contribution in [0.25, 0.3) is 0 Å². The number of rotatable bonds is 9. The molecule has 1 atom stereocenters. The van der Waals surface area contributed by atoms with E-state index in [-0.39, 0.29) is 35.9 Å². The van der Waals surface area contributed by atoms with Gasteiger partial charge in [-0.25, -0.2) is 12.8 Å². The highest BCUT2D eigenvalue weighted by molar-refractivity contribution is 7.89. The lowest BCUT2D eigenvalue weighted by atomic mass is 9.96. The van der Waals surface area contributed by atoms with Crippen LogP contribution in [0.4, 0.5) is 4.39 Å². The molecule has 2 aromatic carbocycles. The third-order valence-electron chi connectivity index (χ3n) is 5.70. The first kappa shape index (κ1) is 25.0. The molecule has 0 spiro atoms. The maximum Gasteiger partial charge on any atom is 0.243 e. The van der Waals surface area contributed by atoms with Crippen LogP contribution in [0.5, 0.6) is 11.5 Å². The number of ether oxygens (including phenoxy) is 2. The molecule has 0 aliphatic carbocycles. The maximum atomic E-state index is 13.1. The van der Waals surface area contributed by atoms with Crippen molar-refractivity contribution in [3.63, 3.8) is 0 Å². The Hall–Kier alpha value is -2.65. The first-order chi connectivity index (χ1) is 15.8. The zero-order chi connectivity index (χ0) is 24.0. The molecule has 0 radical (unpaired) electrons. The minimum absolute atomic E-state index is 0.0565. The Morgan fingerprint density at radius 2 is 1.67 bits per heavy atom. The number of amides is 1. The van der Waals surface area contributed by atoms with E-state index in [1.54, 1.807) is 0 Å². The van der Waals surface area contributed by atoms with Gasteiger partial charge in [0.05, 0.1) is 24.2 Å². The minimum atomic E-state index is -3.70. The van der Waals surface area contributed by atoms with Gasteiger partial charge >= 0.3 is 0 Å². The van der Waals surface area contributed by atoms with Crippen molar-refractivity contribution in [2.45, 2.75) is 44.6 Å². The average molecular weight is 479 g/mol. The van der Waals surface area contributed by atoms with Crippen molar-refractivity contribution in [1.82, 2.24) is 9.62 Å². The van der Waals surface area contributed by atoms with Crippen molar-refractivity contribution in [3.05, 3.63) is 53.8 Å². The van der Waals surface area contributed by atoms with E-state index < -0.39 is 15.8 Å². The molecule has 1 N–H and O–H groups in total. The molecule has 3 rings (SSSR count). The van der Waals surface area contributed by atoms with Crippen LogP contribution in [0, 0.1) is 11.7 Å². The quantitative estimate of drug-likeness (QED) is 0.591. The maximum absolute atomic E-state index is 13.1. The Morgan fingerprint density at radius 3 is 2.27 bits per heavy atom. The van der Waals surface area contributed by atoms with E-state index in [2.05, 4.69) is 5.32 Å². The number of carbonyl (C=O) groups is 1. The monoisotopic (exact) mass is 478 g/mol. The molecule has 1 aliphatic heterocycles. The van der Waals surface area contributed by atoms with E-state index in [1.165, 1.54) is 16.4 Å². The molecule has 180 valence electrons. The normalized spacial score (nSPS) is 16.2. The first-order valence-electron chi connectivity index (χ1n) is 11.2. The van der Waals surface area contributed by atoms with Crippen LogP contribution in [-0.4, -0.2) is 44.9 Å². The summed E-state index contributed by atoms with van der Waals surface area (Å²) in [6.07, 6.45) is 0.846. The lowest BCUT2D eigenvalue weighted by Gasteiger charge is -2.31. The Bertz CT molecular complexity index is 1050. The smallest absolute Gasteiger partial charge is 0.243 e. The average Bonchev–Trinajstić information content (AvgIpc) is 2.81. The van der Waals surface area contributed by atoms with Gasteiger partial charge < -0.3 is 14.8 Å². The summed E-state index contributed by atoms with van der Waals surface area (Å²) in [5.74, 6) is 0.433. The second-order valence-corrected chi connectivity index (χ2v) is 9.87. The molecule has 1 saturated heterocycles. The number of nitrogens with one attached hydrogen (secondary N) is 1. The third kappa shape index (κ3) is 6.03. The van der Waals surface area contributed by atoms with Gasteiger partial charge in [0, 0.05) is 19.0 Å². The predicted molar refractivity (Wildman–Crippen MR) is 123 cm³/mol. The zero-order valence-electron chi connectivity index (χ0n) is 19.2. The van der Waals surface area contributed by atoms with Crippen molar-refractivity contribution in [3.8, 4) is 11.5 Å². The number of benzene rings is 2. The highest BCUT2D eigenvalue weighted by Crippen LogP contribution is 2.31. The van der Waals surface area contributed by atoms with E-state index in [0.717, 1.165) is 17.7 Å². The minimum Gasteiger partial charge on any atom is -0.490 e. The van der Waals surface area contributed by atoms with E-state index >= 15 is 0 Å². The number of carbonyl (C=O) groups excluding carboxylic acids is 1. The molecule has 1 amide bonds. The van der Waals surface area contributed by atoms with Gasteiger partial charge in [-0.2, -0.15) is 4.31 Å². The fourth-order valence-corrected chi connectivity index (χ4v) is 5.34. The number of piperidine rings is 1. The number of sulfonamides is 1. The number of nitrogens with zero attached hydrogens (tertiary/aromatic N) is 1. The number of hydrogen-bond donors (Lipinski definition) is 1. The van der Waals surface area contributed by atoms with Crippen LogP contribution in [-0.2, 0) is 14.8 Å². The van der Waals surface area contributed by atoms with Crippen molar-refractivity contribution in [1.29, 1.82) is 0 Å². The molecular weight excluding hydrogens is 447 g/mol. The second kappa shape index (κ2) is 11.0. The molecule has 1 fully saturated rings. The molecule has 33 heavy (non-hydrogen) atoms. The summed E-state index contributed by atoms with van der Waals surface area (Å²) in [6.45, 7) is 7.22. The molecular formula is C24H31FN2O5S. The Balaban J connectivity index is 1.60. The lowest BCUT2D eigenvalue weighted by Crippen LogP contribution is -2.43. The summed E-state index contributed by atoms with van der Waals surface area (Å²) >= 11 is 0. The molecule has 0 unspecified atom stereocenters. The van der Waals surface area contributed by atoms with E-state index in [0.29, 0.717) is 37.6 Å². The van der Waals surface area contributed by atoms with E-state index in [4.69, 9.17) is 9.47 Å².